The minimum Gasteiger partial charge on any atom is -0.480 e. The van der Waals surface area contributed by atoms with Gasteiger partial charge in [0.1, 0.15) is 0 Å². The van der Waals surface area contributed by atoms with Gasteiger partial charge in [0.2, 0.25) is 5.88 Å². The standard InChI is InChI=1S/C22H22N4O2.ClH/c1-28-21-12-11-20(23-24-21)25-13-15-26(16-14-25)22(27)19-9-7-18(8-10-19)17-5-3-2-4-6-17;/h2-12H,13-16H2,1H3;1H. The van der Waals surface area contributed by atoms with E-state index < -0.39 is 0 Å². The smallest absolute Gasteiger partial charge is 0.253 e. The second-order valence-electron chi connectivity index (χ2n) is 6.66. The van der Waals surface area contributed by atoms with Crippen LogP contribution in [0.25, 0.3) is 11.1 Å². The summed E-state index contributed by atoms with van der Waals surface area (Å²) in [7, 11) is 1.57. The summed E-state index contributed by atoms with van der Waals surface area (Å²) in [6.07, 6.45) is 0. The molecule has 1 saturated heterocycles. The van der Waals surface area contributed by atoms with Gasteiger partial charge < -0.3 is 14.5 Å². The highest BCUT2D eigenvalue weighted by molar-refractivity contribution is 5.95. The molecule has 0 spiro atoms. The van der Waals surface area contributed by atoms with E-state index >= 15 is 0 Å². The van der Waals surface area contributed by atoms with Crippen molar-refractivity contribution in [3.05, 3.63) is 72.3 Å². The normalized spacial score (nSPS) is 13.6. The number of amides is 1. The Morgan fingerprint density at radius 1 is 0.828 bits per heavy atom. The number of rotatable bonds is 4. The van der Waals surface area contributed by atoms with Crippen LogP contribution in [0.1, 0.15) is 10.4 Å². The van der Waals surface area contributed by atoms with Crippen molar-refractivity contribution in [3.8, 4) is 17.0 Å². The van der Waals surface area contributed by atoms with Gasteiger partial charge in [-0.05, 0) is 29.3 Å². The Bertz CT molecular complexity index is 925. The summed E-state index contributed by atoms with van der Waals surface area (Å²) in [6.45, 7) is 2.78. The lowest BCUT2D eigenvalue weighted by Crippen LogP contribution is -2.49. The first-order chi connectivity index (χ1) is 13.7. The minimum absolute atomic E-state index is 0. The molecule has 3 aromatic rings. The molecule has 0 N–H and O–H groups in total. The van der Waals surface area contributed by atoms with Gasteiger partial charge in [0.25, 0.3) is 5.91 Å². The number of nitrogens with zero attached hydrogens (tertiary/aromatic N) is 4. The third-order valence-corrected chi connectivity index (χ3v) is 4.96. The van der Waals surface area contributed by atoms with E-state index in [-0.39, 0.29) is 18.3 Å². The van der Waals surface area contributed by atoms with Crippen molar-refractivity contribution in [2.75, 3.05) is 38.2 Å². The van der Waals surface area contributed by atoms with E-state index in [1.807, 2.05) is 53.4 Å². The van der Waals surface area contributed by atoms with E-state index in [0.717, 1.165) is 35.6 Å². The zero-order chi connectivity index (χ0) is 19.3. The van der Waals surface area contributed by atoms with Crippen LogP contribution < -0.4 is 9.64 Å². The predicted octanol–water partition coefficient (Wildman–Crippen LogP) is 3.54. The van der Waals surface area contributed by atoms with Crippen molar-refractivity contribution >= 4 is 24.1 Å². The minimum atomic E-state index is 0. The zero-order valence-corrected chi connectivity index (χ0v) is 17.0. The van der Waals surface area contributed by atoms with Gasteiger partial charge in [-0.2, -0.15) is 0 Å². The Balaban J connectivity index is 0.00000240. The molecular weight excluding hydrogens is 388 g/mol. The summed E-state index contributed by atoms with van der Waals surface area (Å²) in [5, 5.41) is 8.20. The molecule has 0 unspecified atom stereocenters. The Labute approximate surface area is 176 Å². The van der Waals surface area contributed by atoms with Gasteiger partial charge >= 0.3 is 0 Å². The molecule has 0 atom stereocenters. The fourth-order valence-electron chi connectivity index (χ4n) is 3.35. The number of hydrogen-bond donors (Lipinski definition) is 0. The van der Waals surface area contributed by atoms with Gasteiger partial charge in [-0.3, -0.25) is 4.79 Å². The second-order valence-corrected chi connectivity index (χ2v) is 6.66. The molecule has 2 heterocycles. The lowest BCUT2D eigenvalue weighted by atomic mass is 10.0. The van der Waals surface area contributed by atoms with Crippen LogP contribution in [-0.4, -0.2) is 54.3 Å². The van der Waals surface area contributed by atoms with E-state index in [4.69, 9.17) is 4.74 Å². The fourth-order valence-corrected chi connectivity index (χ4v) is 3.35. The number of aromatic nitrogens is 2. The number of piperazine rings is 1. The van der Waals surface area contributed by atoms with Crippen LogP contribution in [0.2, 0.25) is 0 Å². The van der Waals surface area contributed by atoms with Crippen LogP contribution in [-0.2, 0) is 0 Å². The monoisotopic (exact) mass is 410 g/mol. The first kappa shape index (κ1) is 20.6. The Kier molecular flexibility index (Phi) is 6.67. The summed E-state index contributed by atoms with van der Waals surface area (Å²) in [5.41, 5.74) is 2.98. The number of methoxy groups -OCH3 is 1. The van der Waals surface area contributed by atoms with E-state index in [1.165, 1.54) is 0 Å². The molecule has 6 nitrogen and oxygen atoms in total. The third-order valence-electron chi connectivity index (χ3n) is 4.96. The number of carbonyl (C=O) groups excluding carboxylic acids is 1. The van der Waals surface area contributed by atoms with Crippen LogP contribution in [0.4, 0.5) is 5.82 Å². The van der Waals surface area contributed by atoms with Crippen LogP contribution in [0.3, 0.4) is 0 Å². The van der Waals surface area contributed by atoms with Crippen LogP contribution in [0.15, 0.2) is 66.7 Å². The number of halogens is 1. The molecule has 0 saturated carbocycles. The first-order valence-corrected chi connectivity index (χ1v) is 9.32. The maximum Gasteiger partial charge on any atom is 0.253 e. The number of carbonyl (C=O) groups is 1. The van der Waals surface area contributed by atoms with Crippen LogP contribution in [0, 0.1) is 0 Å². The number of benzene rings is 2. The van der Waals surface area contributed by atoms with E-state index in [2.05, 4.69) is 27.2 Å². The molecule has 0 radical (unpaired) electrons. The largest absolute Gasteiger partial charge is 0.480 e. The lowest BCUT2D eigenvalue weighted by Gasteiger charge is -2.35. The molecular formula is C22H23ClN4O2. The summed E-state index contributed by atoms with van der Waals surface area (Å²) in [5.74, 6) is 1.37. The Morgan fingerprint density at radius 2 is 1.48 bits per heavy atom. The molecule has 0 aliphatic carbocycles. The number of anilines is 1. The lowest BCUT2D eigenvalue weighted by molar-refractivity contribution is 0.0746. The molecule has 0 bridgehead atoms. The average molecular weight is 411 g/mol. The van der Waals surface area contributed by atoms with Crippen molar-refractivity contribution in [2.24, 2.45) is 0 Å². The van der Waals surface area contributed by atoms with Crippen molar-refractivity contribution in [2.45, 2.75) is 0 Å². The second kappa shape index (κ2) is 9.39. The van der Waals surface area contributed by atoms with Crippen molar-refractivity contribution in [3.63, 3.8) is 0 Å². The van der Waals surface area contributed by atoms with E-state index in [9.17, 15) is 4.79 Å². The SMILES string of the molecule is COc1ccc(N2CCN(C(=O)c3ccc(-c4ccccc4)cc3)CC2)nn1.Cl. The molecule has 1 aliphatic rings. The Hall–Kier alpha value is -3.12. The first-order valence-electron chi connectivity index (χ1n) is 9.32. The maximum atomic E-state index is 12.8. The van der Waals surface area contributed by atoms with Crippen LogP contribution in [0.5, 0.6) is 5.88 Å². The van der Waals surface area contributed by atoms with Crippen molar-refractivity contribution in [1.82, 2.24) is 15.1 Å². The molecule has 7 heteroatoms. The van der Waals surface area contributed by atoms with Gasteiger partial charge in [0, 0.05) is 37.8 Å². The highest BCUT2D eigenvalue weighted by atomic mass is 35.5. The quantitative estimate of drug-likeness (QED) is 0.658. The van der Waals surface area contributed by atoms with Gasteiger partial charge in [-0.1, -0.05) is 42.5 Å². The molecule has 4 rings (SSSR count). The third kappa shape index (κ3) is 4.66. The molecule has 2 aromatic carbocycles. The summed E-state index contributed by atoms with van der Waals surface area (Å²) in [4.78, 5) is 16.9. The molecule has 1 aromatic heterocycles. The van der Waals surface area contributed by atoms with E-state index in [1.54, 1.807) is 13.2 Å². The number of ether oxygens (including phenoxy) is 1. The summed E-state index contributed by atoms with van der Waals surface area (Å²) in [6, 6.07) is 21.7. The zero-order valence-electron chi connectivity index (χ0n) is 16.2. The van der Waals surface area contributed by atoms with Crippen LogP contribution >= 0.6 is 12.4 Å². The molecule has 29 heavy (non-hydrogen) atoms. The molecule has 150 valence electrons. The van der Waals surface area contributed by atoms with Crippen molar-refractivity contribution < 1.29 is 9.53 Å². The van der Waals surface area contributed by atoms with E-state index in [0.29, 0.717) is 19.0 Å². The van der Waals surface area contributed by atoms with Gasteiger partial charge in [-0.25, -0.2) is 0 Å². The molecule has 1 fully saturated rings. The number of hydrogen-bond acceptors (Lipinski definition) is 5. The molecule has 1 aliphatic heterocycles. The maximum absolute atomic E-state index is 12.8. The van der Waals surface area contributed by atoms with Gasteiger partial charge in [-0.15, -0.1) is 22.6 Å². The topological polar surface area (TPSA) is 58.6 Å². The average Bonchev–Trinajstić information content (AvgIpc) is 2.79. The highest BCUT2D eigenvalue weighted by Crippen LogP contribution is 2.21. The Morgan fingerprint density at radius 3 is 2.07 bits per heavy atom. The predicted molar refractivity (Wildman–Crippen MR) is 116 cm³/mol. The van der Waals surface area contributed by atoms with Gasteiger partial charge in [0.05, 0.1) is 7.11 Å². The fraction of sp³-hybridized carbons (Fsp3) is 0.227. The summed E-state index contributed by atoms with van der Waals surface area (Å²) < 4.78 is 5.05. The van der Waals surface area contributed by atoms with Gasteiger partial charge in [0.15, 0.2) is 5.82 Å². The van der Waals surface area contributed by atoms with Crippen molar-refractivity contribution in [1.29, 1.82) is 0 Å². The summed E-state index contributed by atoms with van der Waals surface area (Å²) >= 11 is 0. The molecule has 1 amide bonds. The highest BCUT2D eigenvalue weighted by Gasteiger charge is 2.23.